The van der Waals surface area contributed by atoms with E-state index in [1.165, 1.54) is 0 Å². The smallest absolute Gasteiger partial charge is 0.261 e. The summed E-state index contributed by atoms with van der Waals surface area (Å²) in [7, 11) is -2.09. The Morgan fingerprint density at radius 1 is 1.27 bits per heavy atom. The zero-order valence-electron chi connectivity index (χ0n) is 8.94. The second-order valence-electron chi connectivity index (χ2n) is 3.19. The zero-order valence-corrected chi connectivity index (χ0v) is 9.94. The minimum atomic E-state index is -2.09. The van der Waals surface area contributed by atoms with E-state index < -0.39 is 8.03 Å². The number of unbranched alkanes of at least 4 members (excludes halogenated alkanes) is 1. The fourth-order valence-corrected chi connectivity index (χ4v) is 1.82. The van der Waals surface area contributed by atoms with Crippen LogP contribution in [0.4, 0.5) is 0 Å². The Kier molecular flexibility index (Phi) is 6.14. The van der Waals surface area contributed by atoms with Gasteiger partial charge in [0.15, 0.2) is 0 Å². The number of benzene rings is 1. The highest BCUT2D eigenvalue weighted by atomic mass is 31.1. The average Bonchev–Trinajstić information content (AvgIpc) is 2.26. The summed E-state index contributed by atoms with van der Waals surface area (Å²) < 4.78 is 21.8. The molecule has 1 unspecified atom stereocenters. The fourth-order valence-electron chi connectivity index (χ4n) is 1.05. The molecule has 0 N–H and O–H groups in total. The molecule has 84 valence electrons. The molecule has 0 radical (unpaired) electrons. The molecule has 4 heteroatoms. The van der Waals surface area contributed by atoms with Crippen LogP contribution in [0.1, 0.15) is 19.8 Å². The summed E-state index contributed by atoms with van der Waals surface area (Å²) in [6, 6.07) is 9.16. The summed E-state index contributed by atoms with van der Waals surface area (Å²) in [5.74, 6) is 0.639. The van der Waals surface area contributed by atoms with E-state index in [1.54, 1.807) is 12.1 Å². The third-order valence-corrected chi connectivity index (χ3v) is 2.74. The Balaban J connectivity index is 2.19. The molecule has 0 aliphatic rings. The fraction of sp³-hybridized carbons (Fsp3) is 0.455. The summed E-state index contributed by atoms with van der Waals surface area (Å²) in [6.45, 7) is 2.75. The van der Waals surface area contributed by atoms with Crippen molar-refractivity contribution in [1.29, 1.82) is 0 Å². The minimum absolute atomic E-state index is 0.208. The molecule has 1 aromatic rings. The van der Waals surface area contributed by atoms with E-state index in [0.717, 1.165) is 12.8 Å². The number of hydrogen-bond acceptors (Lipinski definition) is 3. The number of para-hydroxylation sites is 1. The summed E-state index contributed by atoms with van der Waals surface area (Å²) in [5, 5.41) is 0. The first-order valence-corrected chi connectivity index (χ1v) is 6.68. The lowest BCUT2D eigenvalue weighted by atomic mass is 10.3. The molecule has 1 aromatic carbocycles. The number of ether oxygens (including phenoxy) is 1. The summed E-state index contributed by atoms with van der Waals surface area (Å²) in [4.78, 5) is 0. The molecule has 0 amide bonds. The Bertz CT molecular complexity index is 287. The molecule has 1 rings (SSSR count). The van der Waals surface area contributed by atoms with Crippen LogP contribution in [0.2, 0.25) is 0 Å². The largest absolute Gasteiger partial charge is 0.443 e. The van der Waals surface area contributed by atoms with Gasteiger partial charge >= 0.3 is 0 Å². The molecule has 1 atom stereocenters. The molecule has 3 nitrogen and oxygen atoms in total. The van der Waals surface area contributed by atoms with E-state index in [0.29, 0.717) is 12.4 Å². The molecule has 0 heterocycles. The predicted octanol–water partition coefficient (Wildman–Crippen LogP) is 3.31. The normalized spacial score (nSPS) is 12.3. The lowest BCUT2D eigenvalue weighted by Crippen LogP contribution is -1.95. The van der Waals surface area contributed by atoms with Gasteiger partial charge in [-0.2, -0.15) is 0 Å². The van der Waals surface area contributed by atoms with Crippen molar-refractivity contribution in [3.8, 4) is 5.75 Å². The first-order chi connectivity index (χ1) is 7.33. The maximum absolute atomic E-state index is 11.4. The Morgan fingerprint density at radius 2 is 2.00 bits per heavy atom. The van der Waals surface area contributed by atoms with Gasteiger partial charge < -0.3 is 9.26 Å². The van der Waals surface area contributed by atoms with Gasteiger partial charge in [-0.1, -0.05) is 31.5 Å². The quantitative estimate of drug-likeness (QED) is 0.530. The zero-order chi connectivity index (χ0) is 10.9. The Morgan fingerprint density at radius 3 is 2.67 bits per heavy atom. The summed E-state index contributed by atoms with van der Waals surface area (Å²) in [6.07, 6.45) is 2.29. The summed E-state index contributed by atoms with van der Waals surface area (Å²) in [5.41, 5.74) is 0. The maximum Gasteiger partial charge on any atom is 0.261 e. The monoisotopic (exact) mass is 228 g/mol. The van der Waals surface area contributed by atoms with Gasteiger partial charge in [-0.3, -0.25) is 4.57 Å². The molecule has 0 bridgehead atoms. The highest BCUT2D eigenvalue weighted by molar-refractivity contribution is 7.39. The first-order valence-electron chi connectivity index (χ1n) is 5.16. The molecule has 0 saturated heterocycles. The molecule has 0 aromatic heterocycles. The highest BCUT2D eigenvalue weighted by Gasteiger charge is 2.00. The molecule has 0 spiro atoms. The van der Waals surface area contributed by atoms with Crippen LogP contribution in [-0.2, 0) is 9.30 Å². The van der Waals surface area contributed by atoms with Crippen molar-refractivity contribution in [1.82, 2.24) is 0 Å². The lowest BCUT2D eigenvalue weighted by Gasteiger charge is -2.06. The van der Waals surface area contributed by atoms with Crippen molar-refractivity contribution in [3.63, 3.8) is 0 Å². The van der Waals surface area contributed by atoms with Crippen LogP contribution in [-0.4, -0.2) is 13.0 Å². The van der Waals surface area contributed by atoms with Crippen molar-refractivity contribution in [2.75, 3.05) is 13.0 Å². The second-order valence-corrected chi connectivity index (χ2v) is 4.43. The summed E-state index contributed by atoms with van der Waals surface area (Å²) >= 11 is 0. The lowest BCUT2D eigenvalue weighted by molar-refractivity contribution is 0.169. The van der Waals surface area contributed by atoms with Crippen molar-refractivity contribution >= 4 is 8.03 Å². The highest BCUT2D eigenvalue weighted by Crippen LogP contribution is 2.26. The topological polar surface area (TPSA) is 35.5 Å². The molecule has 15 heavy (non-hydrogen) atoms. The SMILES string of the molecule is CCCCOC[PH](=O)Oc1ccccc1. The first kappa shape index (κ1) is 12.3. The minimum Gasteiger partial charge on any atom is -0.443 e. The van der Waals surface area contributed by atoms with Gasteiger partial charge in [-0.15, -0.1) is 0 Å². The van der Waals surface area contributed by atoms with Crippen molar-refractivity contribution in [2.45, 2.75) is 19.8 Å². The van der Waals surface area contributed by atoms with E-state index in [4.69, 9.17) is 9.26 Å². The van der Waals surface area contributed by atoms with E-state index in [1.807, 2.05) is 18.2 Å². The molecule has 0 aliphatic carbocycles. The maximum atomic E-state index is 11.4. The predicted molar refractivity (Wildman–Crippen MR) is 61.8 cm³/mol. The molecular weight excluding hydrogens is 211 g/mol. The number of hydrogen-bond donors (Lipinski definition) is 0. The van der Waals surface area contributed by atoms with Gasteiger partial charge in [-0.05, 0) is 18.6 Å². The van der Waals surface area contributed by atoms with Crippen LogP contribution in [0.3, 0.4) is 0 Å². The van der Waals surface area contributed by atoms with E-state index in [9.17, 15) is 4.57 Å². The molecule has 0 fully saturated rings. The van der Waals surface area contributed by atoms with E-state index in [2.05, 4.69) is 6.92 Å². The van der Waals surface area contributed by atoms with Gasteiger partial charge in [-0.25, -0.2) is 0 Å². The van der Waals surface area contributed by atoms with Gasteiger partial charge in [0.1, 0.15) is 12.1 Å². The Labute approximate surface area is 91.3 Å². The Hall–Kier alpha value is -0.790. The van der Waals surface area contributed by atoms with Crippen LogP contribution in [0.25, 0.3) is 0 Å². The van der Waals surface area contributed by atoms with Crippen LogP contribution in [0.5, 0.6) is 5.75 Å². The van der Waals surface area contributed by atoms with Crippen molar-refractivity contribution < 1.29 is 13.8 Å². The number of rotatable bonds is 7. The van der Waals surface area contributed by atoms with Crippen LogP contribution in [0.15, 0.2) is 30.3 Å². The third-order valence-electron chi connectivity index (χ3n) is 1.84. The van der Waals surface area contributed by atoms with Gasteiger partial charge in [0, 0.05) is 6.61 Å². The van der Waals surface area contributed by atoms with Crippen LogP contribution < -0.4 is 4.52 Å². The van der Waals surface area contributed by atoms with Crippen molar-refractivity contribution in [3.05, 3.63) is 30.3 Å². The van der Waals surface area contributed by atoms with Gasteiger partial charge in [0.05, 0.1) is 0 Å². The molecule has 0 saturated carbocycles. The standard InChI is InChI=1S/C11H17O3P/c1-2-3-9-13-10-15(12)14-11-7-5-4-6-8-11/h4-8,15H,2-3,9-10H2,1H3. The van der Waals surface area contributed by atoms with E-state index >= 15 is 0 Å². The van der Waals surface area contributed by atoms with Crippen LogP contribution in [0, 0.1) is 0 Å². The second kappa shape index (κ2) is 7.49. The molecular formula is C11H17O3P. The van der Waals surface area contributed by atoms with Crippen LogP contribution >= 0.6 is 8.03 Å². The van der Waals surface area contributed by atoms with E-state index in [-0.39, 0.29) is 6.35 Å². The molecule has 0 aliphatic heterocycles. The van der Waals surface area contributed by atoms with Crippen molar-refractivity contribution in [2.24, 2.45) is 0 Å². The van der Waals surface area contributed by atoms with Gasteiger partial charge in [0.25, 0.3) is 8.03 Å². The van der Waals surface area contributed by atoms with Gasteiger partial charge in [0.2, 0.25) is 0 Å². The third kappa shape index (κ3) is 5.60. The average molecular weight is 228 g/mol.